The van der Waals surface area contributed by atoms with Crippen molar-refractivity contribution in [3.63, 3.8) is 0 Å². The molecule has 0 atom stereocenters. The molecule has 1 nitrogen and oxygen atoms in total. The van der Waals surface area contributed by atoms with E-state index < -0.39 is 0 Å². The predicted molar refractivity (Wildman–Crippen MR) is 73.4 cm³/mol. The molecule has 0 bridgehead atoms. The average Bonchev–Trinajstić information content (AvgIpc) is 2.77. The first-order chi connectivity index (χ1) is 9.22. The molecule has 2 heteroatoms. The van der Waals surface area contributed by atoms with Gasteiger partial charge in [0.2, 0.25) is 11.2 Å². The highest BCUT2D eigenvalue weighted by molar-refractivity contribution is 5.79. The van der Waals surface area contributed by atoms with Crippen molar-refractivity contribution in [2.24, 2.45) is 0 Å². The summed E-state index contributed by atoms with van der Waals surface area (Å²) in [4.78, 5) is 0. The Labute approximate surface area is 110 Å². The fourth-order valence-corrected chi connectivity index (χ4v) is 2.92. The second-order valence-electron chi connectivity index (χ2n) is 5.17. The predicted octanol–water partition coefficient (Wildman–Crippen LogP) is 3.60. The molecule has 0 aliphatic carbocycles. The van der Waals surface area contributed by atoms with Crippen LogP contribution in [0.2, 0.25) is 0 Å². The number of hydrogen-bond donors (Lipinski definition) is 0. The molecule has 0 amide bonds. The number of benzene rings is 2. The molecule has 0 saturated heterocycles. The molecule has 92 valence electrons. The number of pyridine rings is 1. The number of aryl methyl sites for hydroxylation is 1. The third-order valence-electron chi connectivity index (χ3n) is 3.86. The largest absolute Gasteiger partial charge is 0.216 e. The van der Waals surface area contributed by atoms with Crippen molar-refractivity contribution >= 4 is 10.9 Å². The van der Waals surface area contributed by atoms with E-state index in [1.54, 1.807) is 6.07 Å². The first-order valence-corrected chi connectivity index (χ1v) is 6.44. The fraction of sp³-hybridized carbons (Fsp3) is 0.118. The third kappa shape index (κ3) is 1.49. The molecular formula is C17H13FN+. The molecule has 0 unspecified atom stereocenters. The Kier molecular flexibility index (Phi) is 2.05. The van der Waals surface area contributed by atoms with Crippen molar-refractivity contribution in [1.29, 1.82) is 0 Å². The smallest absolute Gasteiger partial charge is 0.207 e. The molecule has 0 radical (unpaired) electrons. The number of nitrogens with zero attached hydrogens (tertiary/aromatic N) is 1. The van der Waals surface area contributed by atoms with Gasteiger partial charge in [-0.2, -0.15) is 4.57 Å². The van der Waals surface area contributed by atoms with Gasteiger partial charge in [0.1, 0.15) is 5.82 Å². The summed E-state index contributed by atoms with van der Waals surface area (Å²) in [5, 5.41) is 1.08. The molecule has 19 heavy (non-hydrogen) atoms. The zero-order valence-corrected chi connectivity index (χ0v) is 10.7. The van der Waals surface area contributed by atoms with Gasteiger partial charge in [0, 0.05) is 23.1 Å². The van der Waals surface area contributed by atoms with E-state index in [1.165, 1.54) is 28.5 Å². The lowest BCUT2D eigenvalue weighted by Gasteiger charge is -1.99. The number of hydrogen-bond acceptors (Lipinski definition) is 0. The van der Waals surface area contributed by atoms with E-state index in [1.807, 2.05) is 6.07 Å². The van der Waals surface area contributed by atoms with Crippen LogP contribution in [0, 0.1) is 12.7 Å². The van der Waals surface area contributed by atoms with Crippen LogP contribution in [0.5, 0.6) is 0 Å². The van der Waals surface area contributed by atoms with Gasteiger partial charge >= 0.3 is 0 Å². The van der Waals surface area contributed by atoms with Crippen LogP contribution in [0.15, 0.2) is 48.5 Å². The van der Waals surface area contributed by atoms with Crippen LogP contribution in [0.25, 0.3) is 22.2 Å². The highest BCUT2D eigenvalue weighted by Gasteiger charge is 2.28. The zero-order valence-electron chi connectivity index (χ0n) is 10.7. The van der Waals surface area contributed by atoms with Gasteiger partial charge in [0.25, 0.3) is 0 Å². The highest BCUT2D eigenvalue weighted by atomic mass is 19.1. The van der Waals surface area contributed by atoms with E-state index in [0.29, 0.717) is 0 Å². The van der Waals surface area contributed by atoms with Crippen molar-refractivity contribution in [2.75, 3.05) is 0 Å². The standard InChI is InChI=1S/C17H13FN/c1-11-2-3-13-10-19-16(15(13)8-11)7-5-12-4-6-14(18)9-17(12)19/h2-9H,10H2,1H3/q+1. The molecule has 0 fully saturated rings. The second kappa shape index (κ2) is 3.64. The molecule has 4 rings (SSSR count). The zero-order chi connectivity index (χ0) is 13.0. The molecule has 0 spiro atoms. The van der Waals surface area contributed by atoms with Gasteiger partial charge in [-0.3, -0.25) is 0 Å². The Hall–Kier alpha value is -2.22. The van der Waals surface area contributed by atoms with Crippen LogP contribution in [-0.2, 0) is 6.54 Å². The number of fused-ring (bicyclic) bond motifs is 5. The lowest BCUT2D eigenvalue weighted by molar-refractivity contribution is -0.645. The number of rotatable bonds is 0. The average molecular weight is 250 g/mol. The number of halogens is 1. The lowest BCUT2D eigenvalue weighted by Crippen LogP contribution is -2.33. The third-order valence-corrected chi connectivity index (χ3v) is 3.86. The summed E-state index contributed by atoms with van der Waals surface area (Å²) in [6, 6.07) is 15.7. The van der Waals surface area contributed by atoms with Crippen molar-refractivity contribution in [2.45, 2.75) is 13.5 Å². The van der Waals surface area contributed by atoms with Crippen molar-refractivity contribution in [3.05, 3.63) is 65.5 Å². The Bertz CT molecular complexity index is 821. The Morgan fingerprint density at radius 3 is 2.74 bits per heavy atom. The van der Waals surface area contributed by atoms with E-state index in [9.17, 15) is 4.39 Å². The maximum Gasteiger partial charge on any atom is 0.216 e. The van der Waals surface area contributed by atoms with E-state index >= 15 is 0 Å². The lowest BCUT2D eigenvalue weighted by atomic mass is 10.0. The topological polar surface area (TPSA) is 3.88 Å². The van der Waals surface area contributed by atoms with Crippen molar-refractivity contribution < 1.29 is 8.96 Å². The van der Waals surface area contributed by atoms with Crippen LogP contribution in [0.1, 0.15) is 11.1 Å². The summed E-state index contributed by atoms with van der Waals surface area (Å²) in [5.74, 6) is -0.180. The monoisotopic (exact) mass is 250 g/mol. The van der Waals surface area contributed by atoms with Gasteiger partial charge < -0.3 is 0 Å². The normalized spacial score (nSPS) is 12.5. The first-order valence-electron chi connectivity index (χ1n) is 6.44. The minimum absolute atomic E-state index is 0.180. The SMILES string of the molecule is Cc1ccc2c(c1)-c1ccc3ccc(F)cc3[n+]1C2. The highest BCUT2D eigenvalue weighted by Crippen LogP contribution is 2.29. The van der Waals surface area contributed by atoms with Crippen LogP contribution in [0.3, 0.4) is 0 Å². The second-order valence-corrected chi connectivity index (χ2v) is 5.17. The van der Waals surface area contributed by atoms with Gasteiger partial charge in [-0.25, -0.2) is 4.39 Å². The number of aromatic nitrogens is 1. The molecule has 3 aromatic rings. The van der Waals surface area contributed by atoms with Crippen LogP contribution in [0.4, 0.5) is 4.39 Å². The van der Waals surface area contributed by atoms with Crippen LogP contribution >= 0.6 is 0 Å². The summed E-state index contributed by atoms with van der Waals surface area (Å²) in [5.41, 5.74) is 5.98. The first kappa shape index (κ1) is 10.7. The van der Waals surface area contributed by atoms with Crippen LogP contribution < -0.4 is 4.57 Å². The van der Waals surface area contributed by atoms with E-state index in [2.05, 4.69) is 41.8 Å². The molecular weight excluding hydrogens is 237 g/mol. The Morgan fingerprint density at radius 1 is 1.00 bits per heavy atom. The van der Waals surface area contributed by atoms with Crippen molar-refractivity contribution in [1.82, 2.24) is 0 Å². The van der Waals surface area contributed by atoms with E-state index in [0.717, 1.165) is 17.4 Å². The molecule has 1 aromatic heterocycles. The Balaban J connectivity index is 2.07. The summed E-state index contributed by atoms with van der Waals surface area (Å²) in [6.45, 7) is 2.93. The maximum absolute atomic E-state index is 13.5. The van der Waals surface area contributed by atoms with Gasteiger partial charge in [-0.15, -0.1) is 0 Å². The molecule has 2 aromatic carbocycles. The summed E-state index contributed by atoms with van der Waals surface area (Å²) < 4.78 is 15.7. The van der Waals surface area contributed by atoms with E-state index in [4.69, 9.17) is 0 Å². The maximum atomic E-state index is 13.5. The molecule has 0 saturated carbocycles. The summed E-state index contributed by atoms with van der Waals surface area (Å²) in [6.07, 6.45) is 0. The summed E-state index contributed by atoms with van der Waals surface area (Å²) in [7, 11) is 0. The Morgan fingerprint density at radius 2 is 1.84 bits per heavy atom. The van der Waals surface area contributed by atoms with Gasteiger partial charge in [0.15, 0.2) is 6.54 Å². The van der Waals surface area contributed by atoms with Gasteiger partial charge in [-0.1, -0.05) is 17.7 Å². The quantitative estimate of drug-likeness (QED) is 0.420. The molecule has 2 heterocycles. The van der Waals surface area contributed by atoms with Gasteiger partial charge in [0.05, 0.1) is 5.56 Å². The molecule has 1 aliphatic rings. The van der Waals surface area contributed by atoms with Crippen molar-refractivity contribution in [3.8, 4) is 11.3 Å². The molecule has 0 N–H and O–H groups in total. The van der Waals surface area contributed by atoms with Crippen LogP contribution in [-0.4, -0.2) is 0 Å². The van der Waals surface area contributed by atoms with Gasteiger partial charge in [-0.05, 0) is 31.2 Å². The summed E-state index contributed by atoms with van der Waals surface area (Å²) >= 11 is 0. The minimum atomic E-state index is -0.180. The fourth-order valence-electron chi connectivity index (χ4n) is 2.92. The minimum Gasteiger partial charge on any atom is -0.207 e. The van der Waals surface area contributed by atoms with E-state index in [-0.39, 0.29) is 5.82 Å². The molecule has 1 aliphatic heterocycles.